The standard InChI is InChI=1S/C16H15F2N3O2/c1-22-8-6-19-13-9-11(10-21-7-5-20-16(13)21)23-14-4-2-3-12(17)15(14)18/h2-5,7,9-10,19H,6,8H2,1H3. The van der Waals surface area contributed by atoms with Gasteiger partial charge in [-0.15, -0.1) is 0 Å². The Kier molecular flexibility index (Phi) is 4.38. The summed E-state index contributed by atoms with van der Waals surface area (Å²) >= 11 is 0. The van der Waals surface area contributed by atoms with E-state index in [1.54, 1.807) is 36.2 Å². The van der Waals surface area contributed by atoms with Crippen molar-refractivity contribution in [1.29, 1.82) is 0 Å². The largest absolute Gasteiger partial charge is 0.453 e. The van der Waals surface area contributed by atoms with Gasteiger partial charge in [0.1, 0.15) is 5.75 Å². The first-order valence-corrected chi connectivity index (χ1v) is 7.00. The van der Waals surface area contributed by atoms with E-state index in [0.29, 0.717) is 30.2 Å². The smallest absolute Gasteiger partial charge is 0.201 e. The number of aromatic nitrogens is 2. The van der Waals surface area contributed by atoms with E-state index in [4.69, 9.17) is 9.47 Å². The fourth-order valence-corrected chi connectivity index (χ4v) is 2.17. The zero-order chi connectivity index (χ0) is 16.2. The molecule has 1 N–H and O–H groups in total. The Labute approximate surface area is 131 Å². The number of halogens is 2. The molecule has 3 aromatic rings. The first-order valence-electron chi connectivity index (χ1n) is 7.00. The number of nitrogens with one attached hydrogen (secondary N) is 1. The quantitative estimate of drug-likeness (QED) is 0.707. The lowest BCUT2D eigenvalue weighted by molar-refractivity contribution is 0.211. The zero-order valence-electron chi connectivity index (χ0n) is 12.4. The minimum absolute atomic E-state index is 0.174. The lowest BCUT2D eigenvalue weighted by atomic mass is 10.3. The van der Waals surface area contributed by atoms with Crippen molar-refractivity contribution in [3.63, 3.8) is 0 Å². The third kappa shape index (κ3) is 3.24. The Morgan fingerprint density at radius 2 is 2.17 bits per heavy atom. The summed E-state index contributed by atoms with van der Waals surface area (Å²) in [5.41, 5.74) is 1.41. The van der Waals surface area contributed by atoms with Gasteiger partial charge in [-0.1, -0.05) is 6.07 Å². The molecule has 7 heteroatoms. The van der Waals surface area contributed by atoms with Gasteiger partial charge in [-0.05, 0) is 12.1 Å². The molecule has 23 heavy (non-hydrogen) atoms. The Morgan fingerprint density at radius 1 is 1.30 bits per heavy atom. The van der Waals surface area contributed by atoms with Crippen LogP contribution in [0.3, 0.4) is 0 Å². The van der Waals surface area contributed by atoms with Crippen molar-refractivity contribution < 1.29 is 18.3 Å². The van der Waals surface area contributed by atoms with Crippen molar-refractivity contribution in [2.45, 2.75) is 0 Å². The second kappa shape index (κ2) is 6.62. The highest BCUT2D eigenvalue weighted by Crippen LogP contribution is 2.29. The van der Waals surface area contributed by atoms with Gasteiger partial charge < -0.3 is 19.2 Å². The summed E-state index contributed by atoms with van der Waals surface area (Å²) in [4.78, 5) is 4.25. The SMILES string of the molecule is COCCNc1cc(Oc2cccc(F)c2F)cn2ccnc12. The fraction of sp³-hybridized carbons (Fsp3) is 0.188. The number of hydrogen-bond donors (Lipinski definition) is 1. The molecule has 0 aliphatic heterocycles. The van der Waals surface area contributed by atoms with E-state index in [2.05, 4.69) is 10.3 Å². The lowest BCUT2D eigenvalue weighted by Crippen LogP contribution is -2.09. The molecule has 0 unspecified atom stereocenters. The molecule has 0 saturated carbocycles. The van der Waals surface area contributed by atoms with Gasteiger partial charge in [-0.3, -0.25) is 0 Å². The summed E-state index contributed by atoms with van der Waals surface area (Å²) in [6, 6.07) is 5.48. The van der Waals surface area contributed by atoms with E-state index in [1.807, 2.05) is 0 Å². The molecule has 0 aliphatic rings. The number of nitrogens with zero attached hydrogens (tertiary/aromatic N) is 2. The molecule has 0 atom stereocenters. The van der Waals surface area contributed by atoms with Crippen molar-refractivity contribution in [3.8, 4) is 11.5 Å². The highest BCUT2D eigenvalue weighted by Gasteiger charge is 2.12. The first kappa shape index (κ1) is 15.2. The minimum atomic E-state index is -1.02. The number of methoxy groups -OCH3 is 1. The van der Waals surface area contributed by atoms with E-state index in [9.17, 15) is 8.78 Å². The van der Waals surface area contributed by atoms with Crippen molar-refractivity contribution in [3.05, 3.63) is 54.5 Å². The van der Waals surface area contributed by atoms with Gasteiger partial charge >= 0.3 is 0 Å². The normalized spacial score (nSPS) is 10.9. The summed E-state index contributed by atoms with van der Waals surface area (Å²) < 4.78 is 39.2. The van der Waals surface area contributed by atoms with Crippen LogP contribution < -0.4 is 10.1 Å². The predicted molar refractivity (Wildman–Crippen MR) is 82.0 cm³/mol. The average Bonchev–Trinajstić information content (AvgIpc) is 3.01. The Bertz CT molecular complexity index is 820. The van der Waals surface area contributed by atoms with E-state index >= 15 is 0 Å². The summed E-state index contributed by atoms with van der Waals surface area (Å²) in [7, 11) is 1.61. The maximum atomic E-state index is 13.7. The van der Waals surface area contributed by atoms with Crippen LogP contribution in [0.1, 0.15) is 0 Å². The first-order chi connectivity index (χ1) is 11.2. The monoisotopic (exact) mass is 319 g/mol. The Morgan fingerprint density at radius 3 is 3.00 bits per heavy atom. The van der Waals surface area contributed by atoms with Crippen LogP contribution in [-0.2, 0) is 4.74 Å². The van der Waals surface area contributed by atoms with Crippen molar-refractivity contribution >= 4 is 11.3 Å². The molecule has 5 nitrogen and oxygen atoms in total. The Balaban J connectivity index is 1.92. The van der Waals surface area contributed by atoms with Crippen molar-refractivity contribution in [2.24, 2.45) is 0 Å². The second-order valence-corrected chi connectivity index (χ2v) is 4.82. The molecule has 0 bridgehead atoms. The molecule has 0 amide bonds. The fourth-order valence-electron chi connectivity index (χ4n) is 2.17. The van der Waals surface area contributed by atoms with Crippen LogP contribution in [0.25, 0.3) is 5.65 Å². The Hall–Kier alpha value is -2.67. The number of rotatable bonds is 6. The molecule has 2 heterocycles. The van der Waals surface area contributed by atoms with Crippen molar-refractivity contribution in [1.82, 2.24) is 9.38 Å². The third-order valence-electron chi connectivity index (χ3n) is 3.23. The van der Waals surface area contributed by atoms with Gasteiger partial charge in [0.2, 0.25) is 5.82 Å². The van der Waals surface area contributed by atoms with Crippen LogP contribution in [0.5, 0.6) is 11.5 Å². The third-order valence-corrected chi connectivity index (χ3v) is 3.23. The van der Waals surface area contributed by atoms with Gasteiger partial charge in [-0.2, -0.15) is 4.39 Å². The number of imidazole rings is 1. The van der Waals surface area contributed by atoms with E-state index in [1.165, 1.54) is 12.1 Å². The van der Waals surface area contributed by atoms with Crippen LogP contribution in [0, 0.1) is 11.6 Å². The maximum Gasteiger partial charge on any atom is 0.201 e. The van der Waals surface area contributed by atoms with Gasteiger partial charge in [0, 0.05) is 32.1 Å². The van der Waals surface area contributed by atoms with Gasteiger partial charge in [-0.25, -0.2) is 9.37 Å². The van der Waals surface area contributed by atoms with Gasteiger partial charge in [0.25, 0.3) is 0 Å². The molecule has 3 rings (SSSR count). The molecular formula is C16H15F2N3O2. The number of ether oxygens (including phenoxy) is 2. The number of anilines is 1. The molecule has 120 valence electrons. The predicted octanol–water partition coefficient (Wildman–Crippen LogP) is 3.46. The van der Waals surface area contributed by atoms with E-state index in [-0.39, 0.29) is 5.75 Å². The van der Waals surface area contributed by atoms with Gasteiger partial charge in [0.15, 0.2) is 17.2 Å². The maximum absolute atomic E-state index is 13.7. The average molecular weight is 319 g/mol. The summed E-state index contributed by atoms with van der Waals surface area (Å²) in [5.74, 6) is -1.79. The van der Waals surface area contributed by atoms with Crippen LogP contribution in [0.4, 0.5) is 14.5 Å². The van der Waals surface area contributed by atoms with Crippen molar-refractivity contribution in [2.75, 3.05) is 25.6 Å². The molecule has 0 fully saturated rings. The molecule has 0 spiro atoms. The highest BCUT2D eigenvalue weighted by atomic mass is 19.2. The topological polar surface area (TPSA) is 47.8 Å². The second-order valence-electron chi connectivity index (χ2n) is 4.82. The lowest BCUT2D eigenvalue weighted by Gasteiger charge is -2.12. The summed E-state index contributed by atoms with van der Waals surface area (Å²) in [6.45, 7) is 1.10. The molecule has 0 aliphatic carbocycles. The number of fused-ring (bicyclic) bond motifs is 1. The number of benzene rings is 1. The molecule has 0 saturated heterocycles. The number of hydrogen-bond acceptors (Lipinski definition) is 4. The summed E-state index contributed by atoms with van der Waals surface area (Å²) in [6.07, 6.45) is 5.03. The zero-order valence-corrected chi connectivity index (χ0v) is 12.4. The van der Waals surface area contributed by atoms with Crippen LogP contribution >= 0.6 is 0 Å². The minimum Gasteiger partial charge on any atom is -0.453 e. The molecule has 1 aromatic carbocycles. The summed E-state index contributed by atoms with van der Waals surface area (Å²) in [5, 5.41) is 3.17. The highest BCUT2D eigenvalue weighted by molar-refractivity contribution is 5.69. The molecular weight excluding hydrogens is 304 g/mol. The van der Waals surface area contributed by atoms with Crippen LogP contribution in [0.15, 0.2) is 42.9 Å². The van der Waals surface area contributed by atoms with Crippen LogP contribution in [-0.4, -0.2) is 29.6 Å². The van der Waals surface area contributed by atoms with E-state index in [0.717, 1.165) is 6.07 Å². The van der Waals surface area contributed by atoms with E-state index < -0.39 is 11.6 Å². The molecule has 0 radical (unpaired) electrons. The molecule has 2 aromatic heterocycles. The van der Waals surface area contributed by atoms with Crippen LogP contribution in [0.2, 0.25) is 0 Å². The van der Waals surface area contributed by atoms with Gasteiger partial charge in [0.05, 0.1) is 18.5 Å². The number of pyridine rings is 1.